The van der Waals surface area contributed by atoms with Gasteiger partial charge in [0, 0.05) is 10.9 Å². The summed E-state index contributed by atoms with van der Waals surface area (Å²) in [7, 11) is 0. The summed E-state index contributed by atoms with van der Waals surface area (Å²) in [6, 6.07) is 7.55. The number of nitrogens with two attached hydrogens (primary N) is 1. The highest BCUT2D eigenvalue weighted by atomic mass is 79.9. The van der Waals surface area contributed by atoms with Crippen LogP contribution in [0.1, 0.15) is 25.3 Å². The molecule has 1 aromatic carbocycles. The van der Waals surface area contributed by atoms with Crippen molar-refractivity contribution < 1.29 is 4.79 Å². The Kier molecular flexibility index (Phi) is 4.99. The maximum atomic E-state index is 11.5. The third-order valence-electron chi connectivity index (χ3n) is 2.28. The number of halogens is 1. The zero-order chi connectivity index (χ0) is 11.3. The summed E-state index contributed by atoms with van der Waals surface area (Å²) in [4.78, 5) is 11.5. The predicted octanol–water partition coefficient (Wildman–Crippen LogP) is 2.69. The third-order valence-corrected chi connectivity index (χ3v) is 2.81. The highest BCUT2D eigenvalue weighted by Gasteiger charge is 2.12. The van der Waals surface area contributed by atoms with Crippen LogP contribution in [-0.2, 0) is 11.2 Å². The maximum absolute atomic E-state index is 11.5. The molecule has 0 radical (unpaired) electrons. The lowest BCUT2D eigenvalue weighted by Gasteiger charge is -2.09. The van der Waals surface area contributed by atoms with Crippen molar-refractivity contribution in [3.05, 3.63) is 34.3 Å². The Balaban J connectivity index is 2.54. The molecule has 15 heavy (non-hydrogen) atoms. The predicted molar refractivity (Wildman–Crippen MR) is 65.7 cm³/mol. The Morgan fingerprint density at radius 1 is 1.40 bits per heavy atom. The summed E-state index contributed by atoms with van der Waals surface area (Å²) in [6.45, 7) is 1.99. The van der Waals surface area contributed by atoms with Gasteiger partial charge in [-0.15, -0.1) is 0 Å². The monoisotopic (exact) mass is 269 g/mol. The van der Waals surface area contributed by atoms with E-state index in [9.17, 15) is 4.79 Å². The Labute approximate surface area is 99.0 Å². The Morgan fingerprint density at radius 3 is 2.53 bits per heavy atom. The number of carbonyl (C=O) groups is 1. The lowest BCUT2D eigenvalue weighted by atomic mass is 10.0. The minimum absolute atomic E-state index is 0.153. The number of benzene rings is 1. The molecule has 0 bridgehead atoms. The van der Waals surface area contributed by atoms with Crippen LogP contribution in [0.25, 0.3) is 0 Å². The second-order valence-electron chi connectivity index (χ2n) is 3.65. The summed E-state index contributed by atoms with van der Waals surface area (Å²) >= 11 is 3.37. The molecule has 0 aliphatic heterocycles. The Bertz CT molecular complexity index is 321. The van der Waals surface area contributed by atoms with Gasteiger partial charge < -0.3 is 5.73 Å². The van der Waals surface area contributed by atoms with Crippen LogP contribution >= 0.6 is 15.9 Å². The summed E-state index contributed by atoms with van der Waals surface area (Å²) in [6.07, 6.45) is 2.08. The summed E-state index contributed by atoms with van der Waals surface area (Å²) in [5.74, 6) is 0.153. The van der Waals surface area contributed by atoms with Gasteiger partial charge in [-0.2, -0.15) is 0 Å². The molecular weight excluding hydrogens is 254 g/mol. The van der Waals surface area contributed by atoms with Crippen LogP contribution < -0.4 is 5.73 Å². The normalized spacial score (nSPS) is 12.5. The van der Waals surface area contributed by atoms with E-state index in [2.05, 4.69) is 15.9 Å². The van der Waals surface area contributed by atoms with Crippen LogP contribution in [0.5, 0.6) is 0 Å². The summed E-state index contributed by atoms with van der Waals surface area (Å²) in [5.41, 5.74) is 6.92. The largest absolute Gasteiger partial charge is 0.321 e. The summed E-state index contributed by atoms with van der Waals surface area (Å²) < 4.78 is 1.04. The lowest BCUT2D eigenvalue weighted by molar-refractivity contribution is -0.120. The average molecular weight is 270 g/mol. The third kappa shape index (κ3) is 4.14. The van der Waals surface area contributed by atoms with Crippen molar-refractivity contribution in [2.24, 2.45) is 5.73 Å². The number of carbonyl (C=O) groups excluding carboxylic acids is 1. The molecule has 1 rings (SSSR count). The number of rotatable bonds is 5. The average Bonchev–Trinajstić information content (AvgIpc) is 2.22. The number of hydrogen-bond donors (Lipinski definition) is 1. The van der Waals surface area contributed by atoms with Gasteiger partial charge in [-0.3, -0.25) is 4.79 Å². The van der Waals surface area contributed by atoms with Gasteiger partial charge in [0.25, 0.3) is 0 Å². The molecule has 0 saturated heterocycles. The number of Topliss-reactive ketones (excluding diaryl/α,β-unsaturated/α-hetero) is 1. The number of ketones is 1. The van der Waals surface area contributed by atoms with Gasteiger partial charge in [0.1, 0.15) is 5.78 Å². The van der Waals surface area contributed by atoms with E-state index in [0.29, 0.717) is 12.8 Å². The molecule has 0 aliphatic carbocycles. The van der Waals surface area contributed by atoms with Crippen molar-refractivity contribution >= 4 is 21.7 Å². The SMILES string of the molecule is CCCC(=O)C(N)Cc1ccc(Br)cc1. The first-order valence-electron chi connectivity index (χ1n) is 5.16. The van der Waals surface area contributed by atoms with E-state index in [-0.39, 0.29) is 11.8 Å². The fraction of sp³-hybridized carbons (Fsp3) is 0.417. The van der Waals surface area contributed by atoms with Gasteiger partial charge in [-0.25, -0.2) is 0 Å². The molecule has 0 aliphatic rings. The van der Waals surface area contributed by atoms with Gasteiger partial charge in [-0.05, 0) is 30.5 Å². The van der Waals surface area contributed by atoms with Crippen LogP contribution in [0, 0.1) is 0 Å². The fourth-order valence-electron chi connectivity index (χ4n) is 1.42. The minimum atomic E-state index is -0.355. The molecule has 0 heterocycles. The molecule has 1 aromatic rings. The van der Waals surface area contributed by atoms with Gasteiger partial charge in [-0.1, -0.05) is 35.0 Å². The van der Waals surface area contributed by atoms with E-state index in [0.717, 1.165) is 16.5 Å². The lowest BCUT2D eigenvalue weighted by Crippen LogP contribution is -2.32. The zero-order valence-corrected chi connectivity index (χ0v) is 10.5. The van der Waals surface area contributed by atoms with E-state index in [4.69, 9.17) is 5.73 Å². The van der Waals surface area contributed by atoms with Gasteiger partial charge in [0.05, 0.1) is 6.04 Å². The molecule has 0 aromatic heterocycles. The van der Waals surface area contributed by atoms with Crippen molar-refractivity contribution in [3.8, 4) is 0 Å². The van der Waals surface area contributed by atoms with Crippen LogP contribution in [0.3, 0.4) is 0 Å². The van der Waals surface area contributed by atoms with Crippen molar-refractivity contribution in [2.75, 3.05) is 0 Å². The molecule has 3 heteroatoms. The quantitative estimate of drug-likeness (QED) is 0.893. The second-order valence-corrected chi connectivity index (χ2v) is 4.57. The molecule has 2 nitrogen and oxygen atoms in total. The van der Waals surface area contributed by atoms with Crippen molar-refractivity contribution in [1.29, 1.82) is 0 Å². The van der Waals surface area contributed by atoms with Crippen LogP contribution in [0.15, 0.2) is 28.7 Å². The van der Waals surface area contributed by atoms with Crippen molar-refractivity contribution in [3.63, 3.8) is 0 Å². The Morgan fingerprint density at radius 2 is 2.00 bits per heavy atom. The van der Waals surface area contributed by atoms with Crippen molar-refractivity contribution in [1.82, 2.24) is 0 Å². The molecule has 1 atom stereocenters. The standard InChI is InChI=1S/C12H16BrNO/c1-2-3-12(15)11(14)8-9-4-6-10(13)7-5-9/h4-7,11H,2-3,8,14H2,1H3. The van der Waals surface area contributed by atoms with Gasteiger partial charge >= 0.3 is 0 Å². The van der Waals surface area contributed by atoms with Gasteiger partial charge in [0.15, 0.2) is 0 Å². The minimum Gasteiger partial charge on any atom is -0.321 e. The first-order chi connectivity index (χ1) is 7.13. The first-order valence-corrected chi connectivity index (χ1v) is 5.95. The van der Waals surface area contributed by atoms with E-state index in [1.807, 2.05) is 31.2 Å². The van der Waals surface area contributed by atoms with Gasteiger partial charge in [0.2, 0.25) is 0 Å². The molecule has 82 valence electrons. The Hall–Kier alpha value is -0.670. The molecule has 0 spiro atoms. The van der Waals surface area contributed by atoms with E-state index in [1.165, 1.54) is 0 Å². The van der Waals surface area contributed by atoms with E-state index in [1.54, 1.807) is 0 Å². The number of hydrogen-bond acceptors (Lipinski definition) is 2. The first kappa shape index (κ1) is 12.4. The topological polar surface area (TPSA) is 43.1 Å². The van der Waals surface area contributed by atoms with Crippen LogP contribution in [0.4, 0.5) is 0 Å². The highest BCUT2D eigenvalue weighted by Crippen LogP contribution is 2.12. The molecular formula is C12H16BrNO. The van der Waals surface area contributed by atoms with E-state index >= 15 is 0 Å². The molecule has 2 N–H and O–H groups in total. The van der Waals surface area contributed by atoms with E-state index < -0.39 is 0 Å². The molecule has 1 unspecified atom stereocenters. The maximum Gasteiger partial charge on any atom is 0.149 e. The zero-order valence-electron chi connectivity index (χ0n) is 8.87. The smallest absolute Gasteiger partial charge is 0.149 e. The molecule has 0 saturated carbocycles. The van der Waals surface area contributed by atoms with Crippen molar-refractivity contribution in [2.45, 2.75) is 32.2 Å². The molecule has 0 amide bonds. The highest BCUT2D eigenvalue weighted by molar-refractivity contribution is 9.10. The molecule has 0 fully saturated rings. The fourth-order valence-corrected chi connectivity index (χ4v) is 1.68. The van der Waals surface area contributed by atoms with Crippen LogP contribution in [-0.4, -0.2) is 11.8 Å². The van der Waals surface area contributed by atoms with Crippen LogP contribution in [0.2, 0.25) is 0 Å². The summed E-state index contributed by atoms with van der Waals surface area (Å²) in [5, 5.41) is 0. The second kappa shape index (κ2) is 6.03.